The van der Waals surface area contributed by atoms with E-state index in [1.54, 1.807) is 13.0 Å². The standard InChI is InChI=1S/C11H8N2O2/c1-6-12-9-7-4-2-3-5-8(7)10(14)13-11(9)15-6/h2-5H,1H3,(H,13,14). The zero-order valence-corrected chi connectivity index (χ0v) is 8.07. The molecule has 0 saturated carbocycles. The summed E-state index contributed by atoms with van der Waals surface area (Å²) in [6, 6.07) is 7.36. The van der Waals surface area contributed by atoms with Crippen molar-refractivity contribution in [1.82, 2.24) is 9.97 Å². The smallest absolute Gasteiger partial charge is 0.258 e. The molecule has 4 nitrogen and oxygen atoms in total. The van der Waals surface area contributed by atoms with Crippen molar-refractivity contribution in [3.63, 3.8) is 0 Å². The summed E-state index contributed by atoms with van der Waals surface area (Å²) in [4.78, 5) is 18.6. The van der Waals surface area contributed by atoms with E-state index in [0.29, 0.717) is 22.5 Å². The van der Waals surface area contributed by atoms with Gasteiger partial charge in [-0.15, -0.1) is 0 Å². The van der Waals surface area contributed by atoms with Gasteiger partial charge < -0.3 is 4.42 Å². The Morgan fingerprint density at radius 3 is 2.80 bits per heavy atom. The highest BCUT2D eigenvalue weighted by Crippen LogP contribution is 2.20. The summed E-state index contributed by atoms with van der Waals surface area (Å²) < 4.78 is 5.29. The van der Waals surface area contributed by atoms with Crippen LogP contribution in [0.3, 0.4) is 0 Å². The average Bonchev–Trinajstić information content (AvgIpc) is 2.59. The van der Waals surface area contributed by atoms with Crippen molar-refractivity contribution in [2.24, 2.45) is 0 Å². The maximum atomic E-state index is 11.7. The van der Waals surface area contributed by atoms with E-state index in [1.807, 2.05) is 18.2 Å². The van der Waals surface area contributed by atoms with Crippen LogP contribution in [0.15, 0.2) is 33.5 Å². The molecule has 2 heterocycles. The fourth-order valence-corrected chi connectivity index (χ4v) is 1.75. The summed E-state index contributed by atoms with van der Waals surface area (Å²) in [7, 11) is 0. The topological polar surface area (TPSA) is 58.9 Å². The van der Waals surface area contributed by atoms with Crippen LogP contribution in [0, 0.1) is 6.92 Å². The van der Waals surface area contributed by atoms with E-state index < -0.39 is 0 Å². The fraction of sp³-hybridized carbons (Fsp3) is 0.0909. The summed E-state index contributed by atoms with van der Waals surface area (Å²) in [5.41, 5.74) is 1.01. The average molecular weight is 200 g/mol. The van der Waals surface area contributed by atoms with E-state index >= 15 is 0 Å². The van der Waals surface area contributed by atoms with Crippen molar-refractivity contribution in [3.8, 4) is 0 Å². The fourth-order valence-electron chi connectivity index (χ4n) is 1.75. The van der Waals surface area contributed by atoms with Crippen LogP contribution in [0.2, 0.25) is 0 Å². The van der Waals surface area contributed by atoms with E-state index in [9.17, 15) is 4.79 Å². The van der Waals surface area contributed by atoms with Gasteiger partial charge in [-0.25, -0.2) is 4.98 Å². The Kier molecular flexibility index (Phi) is 1.48. The van der Waals surface area contributed by atoms with Gasteiger partial charge in [0.1, 0.15) is 5.52 Å². The van der Waals surface area contributed by atoms with E-state index in [2.05, 4.69) is 9.97 Å². The lowest BCUT2D eigenvalue weighted by atomic mass is 10.1. The molecule has 74 valence electrons. The van der Waals surface area contributed by atoms with Gasteiger partial charge in [0.25, 0.3) is 5.56 Å². The number of H-pyrrole nitrogens is 1. The van der Waals surface area contributed by atoms with Gasteiger partial charge in [-0.1, -0.05) is 18.2 Å². The lowest BCUT2D eigenvalue weighted by molar-refractivity contribution is 0.551. The molecule has 0 unspecified atom stereocenters. The molecule has 0 fully saturated rings. The van der Waals surface area contributed by atoms with Crippen LogP contribution in [0.5, 0.6) is 0 Å². The first-order valence-corrected chi connectivity index (χ1v) is 4.64. The van der Waals surface area contributed by atoms with Crippen LogP contribution in [-0.2, 0) is 0 Å². The third-order valence-electron chi connectivity index (χ3n) is 2.39. The van der Waals surface area contributed by atoms with E-state index in [1.165, 1.54) is 0 Å². The van der Waals surface area contributed by atoms with Gasteiger partial charge in [-0.05, 0) is 6.07 Å². The van der Waals surface area contributed by atoms with Crippen LogP contribution in [-0.4, -0.2) is 9.97 Å². The zero-order valence-electron chi connectivity index (χ0n) is 8.07. The minimum Gasteiger partial charge on any atom is -0.425 e. The number of oxazole rings is 1. The van der Waals surface area contributed by atoms with Crippen molar-refractivity contribution in [2.45, 2.75) is 6.92 Å². The number of fused-ring (bicyclic) bond motifs is 3. The Labute approximate surface area is 84.6 Å². The Bertz CT molecular complexity index is 709. The summed E-state index contributed by atoms with van der Waals surface area (Å²) >= 11 is 0. The minimum atomic E-state index is -0.144. The molecular formula is C11H8N2O2. The second-order valence-electron chi connectivity index (χ2n) is 3.41. The second kappa shape index (κ2) is 2.70. The summed E-state index contributed by atoms with van der Waals surface area (Å²) in [5, 5.41) is 1.46. The number of pyridine rings is 1. The molecule has 0 atom stereocenters. The molecular weight excluding hydrogens is 192 g/mol. The highest BCUT2D eigenvalue weighted by Gasteiger charge is 2.09. The van der Waals surface area contributed by atoms with E-state index in [4.69, 9.17) is 4.42 Å². The van der Waals surface area contributed by atoms with Gasteiger partial charge in [0.05, 0.1) is 0 Å². The van der Waals surface area contributed by atoms with Crippen LogP contribution >= 0.6 is 0 Å². The van der Waals surface area contributed by atoms with Crippen LogP contribution in [0.1, 0.15) is 5.89 Å². The van der Waals surface area contributed by atoms with Crippen molar-refractivity contribution in [2.75, 3.05) is 0 Å². The van der Waals surface area contributed by atoms with Crippen molar-refractivity contribution < 1.29 is 4.42 Å². The molecule has 0 amide bonds. The highest BCUT2D eigenvalue weighted by molar-refractivity contribution is 6.01. The van der Waals surface area contributed by atoms with Crippen molar-refractivity contribution >= 4 is 22.0 Å². The van der Waals surface area contributed by atoms with Crippen LogP contribution in [0.25, 0.3) is 22.0 Å². The minimum absolute atomic E-state index is 0.144. The Hall–Kier alpha value is -2.10. The predicted octanol–water partition coefficient (Wildman–Crippen LogP) is 1.98. The van der Waals surface area contributed by atoms with Crippen molar-refractivity contribution in [1.29, 1.82) is 0 Å². The highest BCUT2D eigenvalue weighted by atomic mass is 16.4. The third kappa shape index (κ3) is 1.08. The number of hydrogen-bond donors (Lipinski definition) is 1. The molecule has 0 saturated heterocycles. The number of rotatable bonds is 0. The number of nitrogens with one attached hydrogen (secondary N) is 1. The molecule has 1 aromatic carbocycles. The molecule has 0 spiro atoms. The number of benzene rings is 1. The Balaban J connectivity index is 2.69. The first-order valence-electron chi connectivity index (χ1n) is 4.64. The predicted molar refractivity (Wildman–Crippen MR) is 56.9 cm³/mol. The van der Waals surface area contributed by atoms with E-state index in [-0.39, 0.29) is 5.56 Å². The van der Waals surface area contributed by atoms with Gasteiger partial charge >= 0.3 is 0 Å². The number of nitrogens with zero attached hydrogens (tertiary/aromatic N) is 1. The first kappa shape index (κ1) is 8.23. The lowest BCUT2D eigenvalue weighted by Gasteiger charge is -1.95. The molecule has 0 aliphatic heterocycles. The summed E-state index contributed by atoms with van der Waals surface area (Å²) in [6.45, 7) is 1.76. The zero-order chi connectivity index (χ0) is 10.4. The molecule has 0 aliphatic rings. The molecule has 3 aromatic rings. The van der Waals surface area contributed by atoms with E-state index in [0.717, 1.165) is 5.39 Å². The molecule has 0 radical (unpaired) electrons. The molecule has 3 rings (SSSR count). The van der Waals surface area contributed by atoms with Gasteiger partial charge in [0, 0.05) is 17.7 Å². The van der Waals surface area contributed by atoms with Crippen molar-refractivity contribution in [3.05, 3.63) is 40.5 Å². The van der Waals surface area contributed by atoms with Gasteiger partial charge in [-0.3, -0.25) is 9.78 Å². The SMILES string of the molecule is Cc1nc2c([nH]c(=O)c3ccccc32)o1. The van der Waals surface area contributed by atoms with Gasteiger partial charge in [0.15, 0.2) is 5.89 Å². The lowest BCUT2D eigenvalue weighted by Crippen LogP contribution is -2.05. The Morgan fingerprint density at radius 1 is 1.27 bits per heavy atom. The summed E-state index contributed by atoms with van der Waals surface area (Å²) in [5.74, 6) is 0.553. The molecule has 15 heavy (non-hydrogen) atoms. The molecule has 2 aromatic heterocycles. The molecule has 1 N–H and O–H groups in total. The summed E-state index contributed by atoms with van der Waals surface area (Å²) in [6.07, 6.45) is 0. The maximum Gasteiger partial charge on any atom is 0.258 e. The second-order valence-corrected chi connectivity index (χ2v) is 3.41. The van der Waals surface area contributed by atoms with Gasteiger partial charge in [-0.2, -0.15) is 0 Å². The number of hydrogen-bond acceptors (Lipinski definition) is 3. The third-order valence-corrected chi connectivity index (χ3v) is 2.39. The van der Waals surface area contributed by atoms with Gasteiger partial charge in [0.2, 0.25) is 5.71 Å². The van der Waals surface area contributed by atoms with Crippen LogP contribution in [0.4, 0.5) is 0 Å². The number of aryl methyl sites for hydroxylation is 1. The normalized spacial score (nSPS) is 11.3. The maximum absolute atomic E-state index is 11.7. The van der Waals surface area contributed by atoms with Crippen LogP contribution < -0.4 is 5.56 Å². The quantitative estimate of drug-likeness (QED) is 0.603. The molecule has 0 bridgehead atoms. The monoisotopic (exact) mass is 200 g/mol. The largest absolute Gasteiger partial charge is 0.425 e. The first-order chi connectivity index (χ1) is 7.25. The molecule has 0 aliphatic carbocycles. The molecule has 4 heteroatoms. The number of aromatic amines is 1. The Morgan fingerprint density at radius 2 is 2.00 bits per heavy atom. The number of aromatic nitrogens is 2.